The Morgan fingerprint density at radius 2 is 1.95 bits per heavy atom. The van der Waals surface area contributed by atoms with Crippen LogP contribution in [0.15, 0.2) is 24.3 Å². The van der Waals surface area contributed by atoms with Crippen LogP contribution < -0.4 is 16.4 Å². The predicted molar refractivity (Wildman–Crippen MR) is 82.1 cm³/mol. The van der Waals surface area contributed by atoms with E-state index in [1.807, 2.05) is 6.92 Å². The second-order valence-corrected chi connectivity index (χ2v) is 5.49. The molecule has 1 aliphatic rings. The van der Waals surface area contributed by atoms with E-state index in [0.29, 0.717) is 30.1 Å². The van der Waals surface area contributed by atoms with Gasteiger partial charge < -0.3 is 16.4 Å². The maximum absolute atomic E-state index is 12.2. The van der Waals surface area contributed by atoms with E-state index in [2.05, 4.69) is 10.6 Å². The van der Waals surface area contributed by atoms with Crippen LogP contribution in [0.4, 0.5) is 0 Å². The third-order valence-electron chi connectivity index (χ3n) is 3.68. The molecule has 1 aromatic rings. The average Bonchev–Trinajstić information content (AvgIpc) is 3.34. The summed E-state index contributed by atoms with van der Waals surface area (Å²) in [6.45, 7) is 3.08. The fraction of sp³-hybridized carbons (Fsp3) is 0.500. The Balaban J connectivity index is 2.02. The highest BCUT2D eigenvalue weighted by Gasteiger charge is 2.31. The SMILES string of the molecule is CCCNC(=O)c1cccc(C(=O)NC(CN)C2CC2)c1. The highest BCUT2D eigenvalue weighted by atomic mass is 16.2. The van der Waals surface area contributed by atoms with Gasteiger partial charge in [0.05, 0.1) is 0 Å². The zero-order valence-electron chi connectivity index (χ0n) is 12.4. The molecule has 0 aromatic heterocycles. The van der Waals surface area contributed by atoms with Gasteiger partial charge in [-0.05, 0) is 43.4 Å². The fourth-order valence-electron chi connectivity index (χ4n) is 2.26. The maximum atomic E-state index is 12.2. The summed E-state index contributed by atoms with van der Waals surface area (Å²) in [7, 11) is 0. The van der Waals surface area contributed by atoms with Gasteiger partial charge in [-0.3, -0.25) is 9.59 Å². The van der Waals surface area contributed by atoms with E-state index < -0.39 is 0 Å². The van der Waals surface area contributed by atoms with E-state index in [-0.39, 0.29) is 17.9 Å². The Hall–Kier alpha value is -1.88. The van der Waals surface area contributed by atoms with Gasteiger partial charge in [-0.25, -0.2) is 0 Å². The average molecular weight is 289 g/mol. The first-order chi connectivity index (χ1) is 10.2. The van der Waals surface area contributed by atoms with Crippen LogP contribution in [-0.2, 0) is 0 Å². The minimum atomic E-state index is -0.164. The second-order valence-electron chi connectivity index (χ2n) is 5.49. The summed E-state index contributed by atoms with van der Waals surface area (Å²) in [5.41, 5.74) is 6.70. The van der Waals surface area contributed by atoms with Gasteiger partial charge in [0.25, 0.3) is 11.8 Å². The molecule has 21 heavy (non-hydrogen) atoms. The van der Waals surface area contributed by atoms with Crippen molar-refractivity contribution in [1.29, 1.82) is 0 Å². The number of carbonyl (C=O) groups is 2. The highest BCUT2D eigenvalue weighted by molar-refractivity contribution is 5.99. The Morgan fingerprint density at radius 1 is 1.29 bits per heavy atom. The molecular weight excluding hydrogens is 266 g/mol. The van der Waals surface area contributed by atoms with Crippen LogP contribution in [0, 0.1) is 5.92 Å². The summed E-state index contributed by atoms with van der Waals surface area (Å²) in [4.78, 5) is 24.1. The minimum absolute atomic E-state index is 0.0371. The quantitative estimate of drug-likeness (QED) is 0.707. The van der Waals surface area contributed by atoms with Crippen molar-refractivity contribution in [2.24, 2.45) is 11.7 Å². The molecule has 2 amide bonds. The lowest BCUT2D eigenvalue weighted by molar-refractivity contribution is 0.0933. The lowest BCUT2D eigenvalue weighted by Crippen LogP contribution is -2.41. The Kier molecular flexibility index (Phi) is 5.33. The molecule has 114 valence electrons. The maximum Gasteiger partial charge on any atom is 0.251 e. The van der Waals surface area contributed by atoms with Crippen molar-refractivity contribution in [2.75, 3.05) is 13.1 Å². The molecule has 2 rings (SSSR count). The van der Waals surface area contributed by atoms with Crippen LogP contribution in [0.1, 0.15) is 46.9 Å². The Labute approximate surface area is 125 Å². The summed E-state index contributed by atoms with van der Waals surface area (Å²) in [6.07, 6.45) is 3.13. The van der Waals surface area contributed by atoms with Crippen molar-refractivity contribution in [3.8, 4) is 0 Å². The van der Waals surface area contributed by atoms with E-state index in [1.165, 1.54) is 0 Å². The third-order valence-corrected chi connectivity index (χ3v) is 3.68. The summed E-state index contributed by atoms with van der Waals surface area (Å²) < 4.78 is 0. The van der Waals surface area contributed by atoms with E-state index in [9.17, 15) is 9.59 Å². The van der Waals surface area contributed by atoms with Gasteiger partial charge in [-0.2, -0.15) is 0 Å². The molecule has 1 aliphatic carbocycles. The Bertz CT molecular complexity index is 512. The normalized spacial score (nSPS) is 15.3. The number of carbonyl (C=O) groups excluding carboxylic acids is 2. The number of hydrogen-bond donors (Lipinski definition) is 3. The van der Waals surface area contributed by atoms with E-state index >= 15 is 0 Å². The summed E-state index contributed by atoms with van der Waals surface area (Å²) in [5.74, 6) is 0.196. The van der Waals surface area contributed by atoms with Gasteiger partial charge in [0.15, 0.2) is 0 Å². The van der Waals surface area contributed by atoms with Crippen molar-refractivity contribution < 1.29 is 9.59 Å². The molecule has 0 heterocycles. The number of nitrogens with one attached hydrogen (secondary N) is 2. The van der Waals surface area contributed by atoms with Crippen LogP contribution in [0.2, 0.25) is 0 Å². The molecule has 1 atom stereocenters. The van der Waals surface area contributed by atoms with Gasteiger partial charge in [-0.1, -0.05) is 13.0 Å². The molecule has 1 aromatic carbocycles. The molecule has 5 heteroatoms. The fourth-order valence-corrected chi connectivity index (χ4v) is 2.26. The zero-order chi connectivity index (χ0) is 15.2. The summed E-state index contributed by atoms with van der Waals surface area (Å²) >= 11 is 0. The van der Waals surface area contributed by atoms with Crippen LogP contribution in [0.25, 0.3) is 0 Å². The van der Waals surface area contributed by atoms with E-state index in [1.54, 1.807) is 24.3 Å². The first-order valence-corrected chi connectivity index (χ1v) is 7.55. The molecule has 0 radical (unpaired) electrons. The van der Waals surface area contributed by atoms with Crippen molar-refractivity contribution in [3.63, 3.8) is 0 Å². The zero-order valence-corrected chi connectivity index (χ0v) is 12.4. The van der Waals surface area contributed by atoms with E-state index in [0.717, 1.165) is 19.3 Å². The van der Waals surface area contributed by atoms with Crippen molar-refractivity contribution >= 4 is 11.8 Å². The summed E-state index contributed by atoms with van der Waals surface area (Å²) in [5, 5.41) is 5.76. The molecule has 0 saturated heterocycles. The van der Waals surface area contributed by atoms with Crippen molar-refractivity contribution in [2.45, 2.75) is 32.2 Å². The molecule has 0 aliphatic heterocycles. The topological polar surface area (TPSA) is 84.2 Å². The molecular formula is C16H23N3O2. The number of hydrogen-bond acceptors (Lipinski definition) is 3. The first kappa shape index (κ1) is 15.5. The van der Waals surface area contributed by atoms with E-state index in [4.69, 9.17) is 5.73 Å². The van der Waals surface area contributed by atoms with Crippen LogP contribution >= 0.6 is 0 Å². The number of benzene rings is 1. The van der Waals surface area contributed by atoms with Gasteiger partial charge in [0.2, 0.25) is 0 Å². The minimum Gasteiger partial charge on any atom is -0.352 e. The number of amides is 2. The van der Waals surface area contributed by atoms with Crippen molar-refractivity contribution in [1.82, 2.24) is 10.6 Å². The van der Waals surface area contributed by atoms with Crippen LogP contribution in [0.5, 0.6) is 0 Å². The molecule has 1 saturated carbocycles. The van der Waals surface area contributed by atoms with Gasteiger partial charge in [0, 0.05) is 30.3 Å². The largest absolute Gasteiger partial charge is 0.352 e. The standard InChI is InChI=1S/C16H23N3O2/c1-2-8-18-15(20)12-4-3-5-13(9-12)16(21)19-14(10-17)11-6-7-11/h3-5,9,11,14H,2,6-8,10,17H2,1H3,(H,18,20)(H,19,21). The molecule has 1 unspecified atom stereocenters. The molecule has 0 bridgehead atoms. The van der Waals surface area contributed by atoms with Crippen LogP contribution in [0.3, 0.4) is 0 Å². The van der Waals surface area contributed by atoms with Gasteiger partial charge >= 0.3 is 0 Å². The number of nitrogens with two attached hydrogens (primary N) is 1. The molecule has 4 N–H and O–H groups in total. The monoisotopic (exact) mass is 289 g/mol. The molecule has 1 fully saturated rings. The van der Waals surface area contributed by atoms with Crippen molar-refractivity contribution in [3.05, 3.63) is 35.4 Å². The van der Waals surface area contributed by atoms with Gasteiger partial charge in [0.1, 0.15) is 0 Å². The summed E-state index contributed by atoms with van der Waals surface area (Å²) in [6, 6.07) is 6.82. The predicted octanol–water partition coefficient (Wildman–Crippen LogP) is 1.29. The third kappa shape index (κ3) is 4.29. The molecule has 5 nitrogen and oxygen atoms in total. The Morgan fingerprint density at radius 3 is 2.52 bits per heavy atom. The lowest BCUT2D eigenvalue weighted by atomic mass is 10.1. The highest BCUT2D eigenvalue weighted by Crippen LogP contribution is 2.32. The lowest BCUT2D eigenvalue weighted by Gasteiger charge is -2.16. The first-order valence-electron chi connectivity index (χ1n) is 7.55. The van der Waals surface area contributed by atoms with Gasteiger partial charge in [-0.15, -0.1) is 0 Å². The number of rotatable bonds is 7. The smallest absolute Gasteiger partial charge is 0.251 e. The molecule has 0 spiro atoms. The van der Waals surface area contributed by atoms with Crippen LogP contribution in [-0.4, -0.2) is 30.9 Å². The second kappa shape index (κ2) is 7.22.